The van der Waals surface area contributed by atoms with Gasteiger partial charge in [-0.05, 0) is 43.4 Å². The number of hydrogen-bond acceptors (Lipinski definition) is 2. The number of para-hydroxylation sites is 1. The van der Waals surface area contributed by atoms with Crippen molar-refractivity contribution >= 4 is 11.9 Å². The molecule has 1 aliphatic carbocycles. The van der Waals surface area contributed by atoms with E-state index in [4.69, 9.17) is 4.74 Å². The van der Waals surface area contributed by atoms with E-state index in [0.717, 1.165) is 55.6 Å². The zero-order chi connectivity index (χ0) is 13.5. The fourth-order valence-electron chi connectivity index (χ4n) is 2.30. The Hall–Kier alpha value is -1.57. The molecule has 0 radical (unpaired) electrons. The maximum absolute atomic E-state index is 11.9. The molecule has 0 heterocycles. The SMILES string of the molecule is CCCCOc1ccccc1C=C1CCCCC1=O. The minimum Gasteiger partial charge on any atom is -0.493 e. The average Bonchev–Trinajstić information content (AvgIpc) is 2.43. The highest BCUT2D eigenvalue weighted by Crippen LogP contribution is 2.26. The van der Waals surface area contributed by atoms with E-state index in [1.165, 1.54) is 0 Å². The largest absolute Gasteiger partial charge is 0.493 e. The third kappa shape index (κ3) is 3.95. The Morgan fingerprint density at radius 2 is 2.00 bits per heavy atom. The van der Waals surface area contributed by atoms with E-state index in [1.54, 1.807) is 0 Å². The molecule has 0 aliphatic heterocycles. The summed E-state index contributed by atoms with van der Waals surface area (Å²) >= 11 is 0. The molecule has 0 atom stereocenters. The standard InChI is InChI=1S/C17H22O2/c1-2-3-12-19-17-11-7-5-9-15(17)13-14-8-4-6-10-16(14)18/h5,7,9,11,13H,2-4,6,8,10,12H2,1H3. The Morgan fingerprint density at radius 1 is 1.21 bits per heavy atom. The third-order valence-corrected chi connectivity index (χ3v) is 3.46. The van der Waals surface area contributed by atoms with Crippen molar-refractivity contribution in [2.24, 2.45) is 0 Å². The summed E-state index contributed by atoms with van der Waals surface area (Å²) in [6.45, 7) is 2.89. The van der Waals surface area contributed by atoms with Crippen LogP contribution in [0.25, 0.3) is 6.08 Å². The van der Waals surface area contributed by atoms with Gasteiger partial charge in [-0.1, -0.05) is 31.5 Å². The lowest BCUT2D eigenvalue weighted by molar-refractivity contribution is -0.116. The zero-order valence-corrected chi connectivity index (χ0v) is 11.7. The van der Waals surface area contributed by atoms with Crippen LogP contribution in [0.1, 0.15) is 51.0 Å². The van der Waals surface area contributed by atoms with Crippen molar-refractivity contribution in [3.8, 4) is 5.75 Å². The van der Waals surface area contributed by atoms with Crippen LogP contribution >= 0.6 is 0 Å². The predicted octanol–water partition coefficient (Wildman–Crippen LogP) is 4.39. The maximum Gasteiger partial charge on any atom is 0.158 e. The summed E-state index contributed by atoms with van der Waals surface area (Å²) in [7, 11) is 0. The molecule has 0 aromatic heterocycles. The van der Waals surface area contributed by atoms with Crippen LogP contribution in [0.3, 0.4) is 0 Å². The first-order valence-corrected chi connectivity index (χ1v) is 7.27. The van der Waals surface area contributed by atoms with Crippen LogP contribution in [0.2, 0.25) is 0 Å². The Bertz CT molecular complexity index is 460. The van der Waals surface area contributed by atoms with Gasteiger partial charge in [0.2, 0.25) is 0 Å². The lowest BCUT2D eigenvalue weighted by atomic mass is 9.92. The first-order valence-electron chi connectivity index (χ1n) is 7.27. The quantitative estimate of drug-likeness (QED) is 0.578. The topological polar surface area (TPSA) is 26.3 Å². The molecule has 0 saturated heterocycles. The van der Waals surface area contributed by atoms with Gasteiger partial charge in [0.1, 0.15) is 5.75 Å². The fourth-order valence-corrected chi connectivity index (χ4v) is 2.30. The normalized spacial score (nSPS) is 17.7. The molecule has 2 rings (SSSR count). The van der Waals surface area contributed by atoms with Crippen LogP contribution in [0.5, 0.6) is 5.75 Å². The minimum absolute atomic E-state index is 0.301. The summed E-state index contributed by atoms with van der Waals surface area (Å²) in [4.78, 5) is 11.9. The molecule has 1 saturated carbocycles. The van der Waals surface area contributed by atoms with E-state index in [1.807, 2.05) is 30.3 Å². The van der Waals surface area contributed by atoms with E-state index < -0.39 is 0 Å². The van der Waals surface area contributed by atoms with Crippen molar-refractivity contribution in [3.63, 3.8) is 0 Å². The summed E-state index contributed by atoms with van der Waals surface area (Å²) in [6, 6.07) is 7.98. The molecule has 1 aromatic carbocycles. The van der Waals surface area contributed by atoms with Crippen LogP contribution in [-0.2, 0) is 4.79 Å². The summed E-state index contributed by atoms with van der Waals surface area (Å²) in [5, 5.41) is 0. The molecule has 0 spiro atoms. The lowest BCUT2D eigenvalue weighted by Gasteiger charge is -2.14. The van der Waals surface area contributed by atoms with E-state index >= 15 is 0 Å². The van der Waals surface area contributed by atoms with Gasteiger partial charge in [0, 0.05) is 12.0 Å². The number of ether oxygens (including phenoxy) is 1. The van der Waals surface area contributed by atoms with Gasteiger partial charge in [0.25, 0.3) is 0 Å². The van der Waals surface area contributed by atoms with Gasteiger partial charge in [0.15, 0.2) is 5.78 Å². The molecule has 1 aromatic rings. The second-order valence-electron chi connectivity index (χ2n) is 5.04. The highest BCUT2D eigenvalue weighted by Gasteiger charge is 2.15. The van der Waals surface area contributed by atoms with Crippen molar-refractivity contribution in [1.82, 2.24) is 0 Å². The number of unbranched alkanes of at least 4 members (excludes halogenated alkanes) is 1. The molecule has 1 aliphatic rings. The second kappa shape index (κ2) is 7.13. The fraction of sp³-hybridized carbons (Fsp3) is 0.471. The van der Waals surface area contributed by atoms with Crippen LogP contribution < -0.4 is 4.74 Å². The number of carbonyl (C=O) groups excluding carboxylic acids is 1. The van der Waals surface area contributed by atoms with Crippen molar-refractivity contribution in [2.75, 3.05) is 6.61 Å². The second-order valence-corrected chi connectivity index (χ2v) is 5.04. The molecule has 0 N–H and O–H groups in total. The highest BCUT2D eigenvalue weighted by molar-refractivity contribution is 6.00. The number of allylic oxidation sites excluding steroid dienone is 1. The molecular formula is C17H22O2. The molecule has 0 amide bonds. The van der Waals surface area contributed by atoms with Crippen LogP contribution in [-0.4, -0.2) is 12.4 Å². The number of Topliss-reactive ketones (excluding diaryl/α,β-unsaturated/α-hetero) is 1. The zero-order valence-electron chi connectivity index (χ0n) is 11.7. The van der Waals surface area contributed by atoms with Crippen LogP contribution in [0.15, 0.2) is 29.8 Å². The Labute approximate surface area is 115 Å². The summed E-state index contributed by atoms with van der Waals surface area (Å²) in [5.41, 5.74) is 1.99. The van der Waals surface area contributed by atoms with Gasteiger partial charge in [-0.3, -0.25) is 4.79 Å². The van der Waals surface area contributed by atoms with Gasteiger partial charge in [-0.2, -0.15) is 0 Å². The number of benzene rings is 1. The summed E-state index contributed by atoms with van der Waals surface area (Å²) < 4.78 is 5.80. The number of rotatable bonds is 5. The van der Waals surface area contributed by atoms with Gasteiger partial charge < -0.3 is 4.74 Å². The molecule has 2 heteroatoms. The molecule has 0 bridgehead atoms. The van der Waals surface area contributed by atoms with E-state index in [9.17, 15) is 4.79 Å². The van der Waals surface area contributed by atoms with E-state index in [2.05, 4.69) is 6.92 Å². The van der Waals surface area contributed by atoms with E-state index in [-0.39, 0.29) is 0 Å². The predicted molar refractivity (Wildman–Crippen MR) is 78.3 cm³/mol. The Kier molecular flexibility index (Phi) is 5.20. The van der Waals surface area contributed by atoms with Gasteiger partial charge in [0.05, 0.1) is 6.61 Å². The van der Waals surface area contributed by atoms with Crippen molar-refractivity contribution in [2.45, 2.75) is 45.4 Å². The van der Waals surface area contributed by atoms with Gasteiger partial charge >= 0.3 is 0 Å². The molecule has 102 valence electrons. The smallest absolute Gasteiger partial charge is 0.158 e. The third-order valence-electron chi connectivity index (χ3n) is 3.46. The monoisotopic (exact) mass is 258 g/mol. The number of hydrogen-bond donors (Lipinski definition) is 0. The van der Waals surface area contributed by atoms with Gasteiger partial charge in [-0.25, -0.2) is 0 Å². The van der Waals surface area contributed by atoms with E-state index in [0.29, 0.717) is 12.2 Å². The first-order chi connectivity index (χ1) is 9.31. The molecule has 0 unspecified atom stereocenters. The van der Waals surface area contributed by atoms with Crippen molar-refractivity contribution < 1.29 is 9.53 Å². The molecule has 1 fully saturated rings. The summed E-state index contributed by atoms with van der Waals surface area (Å²) in [5.74, 6) is 1.19. The van der Waals surface area contributed by atoms with Crippen molar-refractivity contribution in [3.05, 3.63) is 35.4 Å². The minimum atomic E-state index is 0.301. The van der Waals surface area contributed by atoms with Crippen LogP contribution in [0, 0.1) is 0 Å². The first kappa shape index (κ1) is 13.9. The van der Waals surface area contributed by atoms with Crippen molar-refractivity contribution in [1.29, 1.82) is 0 Å². The Balaban J connectivity index is 2.14. The number of ketones is 1. The Morgan fingerprint density at radius 3 is 2.79 bits per heavy atom. The molecular weight excluding hydrogens is 236 g/mol. The average molecular weight is 258 g/mol. The van der Waals surface area contributed by atoms with Gasteiger partial charge in [-0.15, -0.1) is 0 Å². The highest BCUT2D eigenvalue weighted by atomic mass is 16.5. The number of carbonyl (C=O) groups is 1. The summed E-state index contributed by atoms with van der Waals surface area (Å²) in [6.07, 6.45) is 7.96. The lowest BCUT2D eigenvalue weighted by Crippen LogP contribution is -2.08. The maximum atomic E-state index is 11.9. The molecule has 19 heavy (non-hydrogen) atoms. The van der Waals surface area contributed by atoms with Crippen LogP contribution in [0.4, 0.5) is 0 Å². The molecule has 2 nitrogen and oxygen atoms in total.